The minimum Gasteiger partial charge on any atom is -0.374 e. The Kier molecular flexibility index (Phi) is 18.7. The summed E-state index contributed by atoms with van der Waals surface area (Å²) in [4.78, 5) is 0. The predicted molar refractivity (Wildman–Crippen MR) is 118 cm³/mol. The van der Waals surface area contributed by atoms with Gasteiger partial charge in [0.1, 0.15) is 6.61 Å². The highest BCUT2D eigenvalue weighted by Gasteiger charge is 2.20. The highest BCUT2D eigenvalue weighted by Crippen LogP contribution is 2.14. The van der Waals surface area contributed by atoms with Gasteiger partial charge in [0.05, 0.1) is 21.1 Å². The number of ether oxygens (including phenoxy) is 1. The van der Waals surface area contributed by atoms with Crippen molar-refractivity contribution in [3.63, 3.8) is 0 Å². The summed E-state index contributed by atoms with van der Waals surface area (Å²) in [6.45, 7) is 3.81. The Bertz CT molecular complexity index is 278. The van der Waals surface area contributed by atoms with Gasteiger partial charge in [-0.15, -0.1) is 0 Å². The Morgan fingerprint density at radius 1 is 0.615 bits per heavy atom. The van der Waals surface area contributed by atoms with Crippen molar-refractivity contribution >= 4 is 11.6 Å². The first-order valence-corrected chi connectivity index (χ1v) is 11.9. The van der Waals surface area contributed by atoms with Gasteiger partial charge in [0.2, 0.25) is 0 Å². The van der Waals surface area contributed by atoms with Gasteiger partial charge in [0.25, 0.3) is 0 Å². The zero-order valence-electron chi connectivity index (χ0n) is 18.5. The Morgan fingerprint density at radius 2 is 0.962 bits per heavy atom. The zero-order valence-corrected chi connectivity index (χ0v) is 19.3. The van der Waals surface area contributed by atoms with Gasteiger partial charge in [0, 0.05) is 6.61 Å². The van der Waals surface area contributed by atoms with Crippen molar-refractivity contribution in [3.8, 4) is 0 Å². The van der Waals surface area contributed by atoms with Crippen LogP contribution >= 0.6 is 11.6 Å². The fourth-order valence-electron chi connectivity index (χ4n) is 3.16. The van der Waals surface area contributed by atoms with Crippen LogP contribution in [0, 0.1) is 0 Å². The summed E-state index contributed by atoms with van der Waals surface area (Å²) in [6.07, 6.45) is 22.5. The molecular formula is C23H49ClNO+. The molecule has 1 atom stereocenters. The van der Waals surface area contributed by atoms with E-state index >= 15 is 0 Å². The summed E-state index contributed by atoms with van der Waals surface area (Å²) in [5.41, 5.74) is 0.0519. The van der Waals surface area contributed by atoms with E-state index in [-0.39, 0.29) is 5.50 Å². The molecule has 0 aromatic carbocycles. The van der Waals surface area contributed by atoms with Gasteiger partial charge in [-0.05, 0) is 6.42 Å². The molecule has 0 aromatic heterocycles. The molecule has 158 valence electrons. The van der Waals surface area contributed by atoms with E-state index in [2.05, 4.69) is 28.1 Å². The molecule has 0 aromatic rings. The number of halogens is 1. The molecule has 2 nitrogen and oxygen atoms in total. The van der Waals surface area contributed by atoms with Crippen LogP contribution in [0.2, 0.25) is 0 Å². The second-order valence-electron chi connectivity index (χ2n) is 8.93. The molecule has 0 N–H and O–H groups in total. The second-order valence-corrected chi connectivity index (χ2v) is 9.43. The zero-order chi connectivity index (χ0) is 19.5. The summed E-state index contributed by atoms with van der Waals surface area (Å²) < 4.78 is 6.44. The maximum Gasteiger partial charge on any atom is 0.187 e. The predicted octanol–water partition coefficient (Wildman–Crippen LogP) is 7.54. The summed E-state index contributed by atoms with van der Waals surface area (Å²) in [6, 6.07) is 0. The molecule has 0 aliphatic heterocycles. The van der Waals surface area contributed by atoms with Crippen LogP contribution in [0.3, 0.4) is 0 Å². The topological polar surface area (TPSA) is 9.23 Å². The standard InChI is InChI=1S/C23H49ClNO/c1-5-6-7-8-9-10-11-12-13-14-15-16-17-18-19-20-21-26-22-23(24)25(2,3)4/h23H,5-22H2,1-4H3/q+1. The van der Waals surface area contributed by atoms with Crippen LogP contribution in [0.25, 0.3) is 0 Å². The van der Waals surface area contributed by atoms with Crippen molar-refractivity contribution < 1.29 is 9.22 Å². The highest BCUT2D eigenvalue weighted by atomic mass is 35.5. The van der Waals surface area contributed by atoms with E-state index in [0.717, 1.165) is 11.1 Å². The maximum absolute atomic E-state index is 6.28. The third-order valence-corrected chi connectivity index (χ3v) is 5.95. The van der Waals surface area contributed by atoms with Crippen LogP contribution in [0.4, 0.5) is 0 Å². The highest BCUT2D eigenvalue weighted by molar-refractivity contribution is 6.19. The van der Waals surface area contributed by atoms with Gasteiger partial charge in [-0.3, -0.25) is 0 Å². The molecule has 3 heteroatoms. The van der Waals surface area contributed by atoms with Crippen molar-refractivity contribution in [1.82, 2.24) is 0 Å². The van der Waals surface area contributed by atoms with Crippen molar-refractivity contribution in [3.05, 3.63) is 0 Å². The number of likely N-dealkylation sites (N-methyl/N-ethyl adjacent to an activating group) is 1. The summed E-state index contributed by atoms with van der Waals surface area (Å²) in [7, 11) is 6.32. The largest absolute Gasteiger partial charge is 0.374 e. The molecule has 0 aliphatic rings. The van der Waals surface area contributed by atoms with E-state index in [4.69, 9.17) is 16.3 Å². The van der Waals surface area contributed by atoms with E-state index in [9.17, 15) is 0 Å². The van der Waals surface area contributed by atoms with E-state index < -0.39 is 0 Å². The molecule has 0 saturated carbocycles. The molecule has 0 heterocycles. The molecule has 26 heavy (non-hydrogen) atoms. The minimum atomic E-state index is 0.0519. The third-order valence-electron chi connectivity index (χ3n) is 5.24. The molecule has 0 amide bonds. The van der Waals surface area contributed by atoms with Gasteiger partial charge >= 0.3 is 0 Å². The van der Waals surface area contributed by atoms with Crippen molar-refractivity contribution in [1.29, 1.82) is 0 Å². The average Bonchev–Trinajstić information content (AvgIpc) is 2.59. The molecule has 0 aliphatic carbocycles. The fraction of sp³-hybridized carbons (Fsp3) is 1.00. The Labute approximate surface area is 170 Å². The Morgan fingerprint density at radius 3 is 1.31 bits per heavy atom. The minimum absolute atomic E-state index is 0.0519. The van der Waals surface area contributed by atoms with Crippen LogP contribution in [0.15, 0.2) is 0 Å². The van der Waals surface area contributed by atoms with Gasteiger partial charge < -0.3 is 9.22 Å². The first-order chi connectivity index (χ1) is 12.5. The number of unbranched alkanes of at least 4 members (excludes halogenated alkanes) is 15. The monoisotopic (exact) mass is 390 g/mol. The smallest absolute Gasteiger partial charge is 0.187 e. The number of alkyl halides is 1. The van der Waals surface area contributed by atoms with E-state index in [1.165, 1.54) is 103 Å². The van der Waals surface area contributed by atoms with E-state index in [1.54, 1.807) is 0 Å². The van der Waals surface area contributed by atoms with Crippen LogP contribution in [-0.2, 0) is 4.74 Å². The SMILES string of the molecule is CCCCCCCCCCCCCCCCCCOCC(Cl)[N+](C)(C)C. The van der Waals surface area contributed by atoms with E-state index in [1.807, 2.05) is 0 Å². The Balaban J connectivity index is 3.09. The quantitative estimate of drug-likeness (QED) is 0.0902. The molecule has 0 rings (SSSR count). The first kappa shape index (κ1) is 26.2. The summed E-state index contributed by atoms with van der Waals surface area (Å²) >= 11 is 6.28. The number of nitrogens with zero attached hydrogens (tertiary/aromatic N) is 1. The van der Waals surface area contributed by atoms with Gasteiger partial charge in [0.15, 0.2) is 5.50 Å². The molecule has 0 saturated heterocycles. The lowest BCUT2D eigenvalue weighted by Crippen LogP contribution is -2.44. The lowest BCUT2D eigenvalue weighted by Gasteiger charge is -2.29. The number of quaternary nitrogens is 1. The molecule has 0 bridgehead atoms. The van der Waals surface area contributed by atoms with Gasteiger partial charge in [-0.25, -0.2) is 0 Å². The number of rotatable bonds is 20. The molecule has 0 spiro atoms. The van der Waals surface area contributed by atoms with Crippen molar-refractivity contribution in [2.45, 2.75) is 115 Å². The lowest BCUT2D eigenvalue weighted by molar-refractivity contribution is -0.883. The second kappa shape index (κ2) is 18.6. The van der Waals surface area contributed by atoms with Crippen LogP contribution in [0.5, 0.6) is 0 Å². The van der Waals surface area contributed by atoms with Crippen LogP contribution in [0.1, 0.15) is 110 Å². The summed E-state index contributed by atoms with van der Waals surface area (Å²) in [5, 5.41) is 0. The first-order valence-electron chi connectivity index (χ1n) is 11.5. The summed E-state index contributed by atoms with van der Waals surface area (Å²) in [5.74, 6) is 0. The molecule has 1 unspecified atom stereocenters. The fourth-order valence-corrected chi connectivity index (χ4v) is 3.25. The number of hydrogen-bond donors (Lipinski definition) is 0. The molecule has 0 fully saturated rings. The normalized spacial score (nSPS) is 13.3. The molecular weight excluding hydrogens is 342 g/mol. The van der Waals surface area contributed by atoms with Crippen LogP contribution in [-0.4, -0.2) is 44.3 Å². The lowest BCUT2D eigenvalue weighted by atomic mass is 10.0. The van der Waals surface area contributed by atoms with Gasteiger partial charge in [-0.1, -0.05) is 115 Å². The van der Waals surface area contributed by atoms with E-state index in [0.29, 0.717) is 6.61 Å². The third kappa shape index (κ3) is 19.0. The Hall–Kier alpha value is 0.210. The van der Waals surface area contributed by atoms with Crippen molar-refractivity contribution in [2.24, 2.45) is 0 Å². The molecule has 0 radical (unpaired) electrons. The maximum atomic E-state index is 6.28. The van der Waals surface area contributed by atoms with Crippen molar-refractivity contribution in [2.75, 3.05) is 34.4 Å². The van der Waals surface area contributed by atoms with Crippen LogP contribution < -0.4 is 0 Å². The number of hydrogen-bond acceptors (Lipinski definition) is 1. The van der Waals surface area contributed by atoms with Gasteiger partial charge in [-0.2, -0.15) is 0 Å². The average molecular weight is 391 g/mol.